The highest BCUT2D eigenvalue weighted by Crippen LogP contribution is 2.38. The quantitative estimate of drug-likeness (QED) is 0.694. The van der Waals surface area contributed by atoms with Gasteiger partial charge in [-0.05, 0) is 33.1 Å². The van der Waals surface area contributed by atoms with Gasteiger partial charge in [0.2, 0.25) is 0 Å². The maximum Gasteiger partial charge on any atom is 0.315 e. The summed E-state index contributed by atoms with van der Waals surface area (Å²) in [5, 5.41) is 15.0. The standard InChI is InChI=1S/C14H26N2O3/c1-4-5-7-10(2)15-13(19)16-11-8-6-9-14(11,3)12(17)18/h10-11H,4-9H2,1-3H3,(H,17,18)(H2,15,16,19). The molecule has 110 valence electrons. The number of unbranched alkanes of at least 4 members (excludes halogenated alkanes) is 1. The molecular weight excluding hydrogens is 244 g/mol. The second-order valence-electron chi connectivity index (χ2n) is 5.83. The Kier molecular flexibility index (Phi) is 5.63. The van der Waals surface area contributed by atoms with Gasteiger partial charge in [0, 0.05) is 12.1 Å². The minimum Gasteiger partial charge on any atom is -0.481 e. The van der Waals surface area contributed by atoms with Gasteiger partial charge in [-0.3, -0.25) is 4.79 Å². The highest BCUT2D eigenvalue weighted by molar-refractivity contribution is 5.79. The van der Waals surface area contributed by atoms with E-state index in [1.807, 2.05) is 6.92 Å². The maximum atomic E-state index is 11.9. The van der Waals surface area contributed by atoms with Crippen LogP contribution in [0.3, 0.4) is 0 Å². The van der Waals surface area contributed by atoms with Crippen LogP contribution in [0, 0.1) is 5.41 Å². The van der Waals surface area contributed by atoms with Crippen LogP contribution in [0.4, 0.5) is 4.79 Å². The van der Waals surface area contributed by atoms with Crippen molar-refractivity contribution in [3.63, 3.8) is 0 Å². The van der Waals surface area contributed by atoms with Crippen LogP contribution in [0.2, 0.25) is 0 Å². The van der Waals surface area contributed by atoms with Crippen molar-refractivity contribution in [3.8, 4) is 0 Å². The van der Waals surface area contributed by atoms with Crippen LogP contribution in [0.1, 0.15) is 59.3 Å². The molecule has 5 heteroatoms. The first-order valence-corrected chi connectivity index (χ1v) is 7.20. The molecule has 3 N–H and O–H groups in total. The van der Waals surface area contributed by atoms with Gasteiger partial charge in [-0.2, -0.15) is 0 Å². The number of carbonyl (C=O) groups is 2. The summed E-state index contributed by atoms with van der Waals surface area (Å²) in [7, 11) is 0. The van der Waals surface area contributed by atoms with Crippen molar-refractivity contribution in [1.82, 2.24) is 10.6 Å². The number of amides is 2. The Bertz CT molecular complexity index is 333. The van der Waals surface area contributed by atoms with Gasteiger partial charge in [0.05, 0.1) is 5.41 Å². The van der Waals surface area contributed by atoms with Gasteiger partial charge in [-0.1, -0.05) is 26.2 Å². The fraction of sp³-hybridized carbons (Fsp3) is 0.857. The molecular formula is C14H26N2O3. The van der Waals surface area contributed by atoms with E-state index in [1.165, 1.54) is 0 Å². The largest absolute Gasteiger partial charge is 0.481 e. The molecule has 5 nitrogen and oxygen atoms in total. The Morgan fingerprint density at radius 1 is 1.47 bits per heavy atom. The van der Waals surface area contributed by atoms with Crippen LogP contribution < -0.4 is 10.6 Å². The van der Waals surface area contributed by atoms with Crippen molar-refractivity contribution in [2.75, 3.05) is 0 Å². The number of carboxylic acids is 1. The molecule has 1 aliphatic rings. The molecule has 19 heavy (non-hydrogen) atoms. The summed E-state index contributed by atoms with van der Waals surface area (Å²) in [5.74, 6) is -0.825. The Labute approximate surface area is 115 Å². The summed E-state index contributed by atoms with van der Waals surface area (Å²) >= 11 is 0. The van der Waals surface area contributed by atoms with Gasteiger partial charge in [-0.25, -0.2) is 4.79 Å². The van der Waals surface area contributed by atoms with Crippen LogP contribution in [0.5, 0.6) is 0 Å². The molecule has 1 rings (SSSR count). The van der Waals surface area contributed by atoms with Crippen LogP contribution in [-0.2, 0) is 4.79 Å². The number of urea groups is 1. The Morgan fingerprint density at radius 2 is 2.16 bits per heavy atom. The lowest BCUT2D eigenvalue weighted by molar-refractivity contribution is -0.148. The molecule has 0 bridgehead atoms. The zero-order chi connectivity index (χ0) is 14.5. The second-order valence-corrected chi connectivity index (χ2v) is 5.83. The van der Waals surface area contributed by atoms with E-state index in [4.69, 9.17) is 0 Å². The summed E-state index contributed by atoms with van der Waals surface area (Å²) in [4.78, 5) is 23.2. The van der Waals surface area contributed by atoms with E-state index in [9.17, 15) is 14.7 Å². The van der Waals surface area contributed by atoms with E-state index in [-0.39, 0.29) is 18.1 Å². The molecule has 2 amide bonds. The molecule has 0 saturated heterocycles. The summed E-state index contributed by atoms with van der Waals surface area (Å²) < 4.78 is 0. The van der Waals surface area contributed by atoms with Crippen molar-refractivity contribution in [2.24, 2.45) is 5.41 Å². The van der Waals surface area contributed by atoms with Crippen molar-refractivity contribution in [2.45, 2.75) is 71.4 Å². The Balaban J connectivity index is 2.46. The lowest BCUT2D eigenvalue weighted by atomic mass is 9.85. The SMILES string of the molecule is CCCCC(C)NC(=O)NC1CCCC1(C)C(=O)O. The van der Waals surface area contributed by atoms with Crippen LogP contribution >= 0.6 is 0 Å². The molecule has 1 saturated carbocycles. The summed E-state index contributed by atoms with van der Waals surface area (Å²) in [6.07, 6.45) is 5.34. The summed E-state index contributed by atoms with van der Waals surface area (Å²) in [6.45, 7) is 5.80. The monoisotopic (exact) mass is 270 g/mol. The van der Waals surface area contributed by atoms with E-state index >= 15 is 0 Å². The van der Waals surface area contributed by atoms with Gasteiger partial charge in [-0.15, -0.1) is 0 Å². The maximum absolute atomic E-state index is 11.9. The zero-order valence-corrected chi connectivity index (χ0v) is 12.2. The molecule has 0 spiro atoms. The number of aliphatic carboxylic acids is 1. The first kappa shape index (κ1) is 15.8. The normalized spacial score (nSPS) is 27.8. The predicted molar refractivity (Wildman–Crippen MR) is 74.0 cm³/mol. The molecule has 3 atom stereocenters. The fourth-order valence-electron chi connectivity index (χ4n) is 2.66. The topological polar surface area (TPSA) is 78.4 Å². The van der Waals surface area contributed by atoms with Gasteiger partial charge in [0.1, 0.15) is 0 Å². The molecule has 1 fully saturated rings. The van der Waals surface area contributed by atoms with E-state index in [2.05, 4.69) is 17.6 Å². The molecule has 3 unspecified atom stereocenters. The van der Waals surface area contributed by atoms with Crippen molar-refractivity contribution >= 4 is 12.0 Å². The third-order valence-electron chi connectivity index (χ3n) is 4.12. The third kappa shape index (κ3) is 4.11. The van der Waals surface area contributed by atoms with Crippen LogP contribution in [-0.4, -0.2) is 29.2 Å². The first-order valence-electron chi connectivity index (χ1n) is 7.20. The molecule has 1 aliphatic carbocycles. The van der Waals surface area contributed by atoms with E-state index in [0.29, 0.717) is 6.42 Å². The predicted octanol–water partition coefficient (Wildman–Crippen LogP) is 2.51. The Hall–Kier alpha value is -1.26. The Morgan fingerprint density at radius 3 is 2.74 bits per heavy atom. The number of nitrogens with one attached hydrogen (secondary N) is 2. The van der Waals surface area contributed by atoms with Gasteiger partial charge in [0.25, 0.3) is 0 Å². The van der Waals surface area contributed by atoms with E-state index in [1.54, 1.807) is 6.92 Å². The van der Waals surface area contributed by atoms with Crippen molar-refractivity contribution < 1.29 is 14.7 Å². The van der Waals surface area contributed by atoms with Gasteiger partial charge in [0.15, 0.2) is 0 Å². The summed E-state index contributed by atoms with van der Waals surface area (Å²) in [5.41, 5.74) is -0.829. The van der Waals surface area contributed by atoms with Crippen molar-refractivity contribution in [1.29, 1.82) is 0 Å². The van der Waals surface area contributed by atoms with Crippen LogP contribution in [0.25, 0.3) is 0 Å². The number of carboxylic acid groups (broad SMARTS) is 1. The molecule has 0 radical (unpaired) electrons. The molecule has 0 aromatic carbocycles. The molecule has 0 aromatic heterocycles. The van der Waals surface area contributed by atoms with Gasteiger partial charge < -0.3 is 15.7 Å². The minimum atomic E-state index is -0.829. The van der Waals surface area contributed by atoms with Gasteiger partial charge >= 0.3 is 12.0 Å². The smallest absolute Gasteiger partial charge is 0.315 e. The average molecular weight is 270 g/mol. The molecule has 0 aromatic rings. The number of hydrogen-bond donors (Lipinski definition) is 3. The van der Waals surface area contributed by atoms with E-state index in [0.717, 1.165) is 32.1 Å². The zero-order valence-electron chi connectivity index (χ0n) is 12.2. The first-order chi connectivity index (χ1) is 8.90. The second kappa shape index (κ2) is 6.78. The molecule has 0 heterocycles. The van der Waals surface area contributed by atoms with Crippen molar-refractivity contribution in [3.05, 3.63) is 0 Å². The molecule has 0 aliphatic heterocycles. The number of rotatable bonds is 6. The highest BCUT2D eigenvalue weighted by Gasteiger charge is 2.45. The number of hydrogen-bond acceptors (Lipinski definition) is 2. The lowest BCUT2D eigenvalue weighted by Crippen LogP contribution is -2.51. The number of carbonyl (C=O) groups excluding carboxylic acids is 1. The van der Waals surface area contributed by atoms with E-state index < -0.39 is 11.4 Å². The lowest BCUT2D eigenvalue weighted by Gasteiger charge is -2.28. The highest BCUT2D eigenvalue weighted by atomic mass is 16.4. The average Bonchev–Trinajstić information content (AvgIpc) is 2.69. The summed E-state index contributed by atoms with van der Waals surface area (Å²) in [6, 6.07) is -0.399. The van der Waals surface area contributed by atoms with Crippen LogP contribution in [0.15, 0.2) is 0 Å². The minimum absolute atomic E-state index is 0.123. The fourth-order valence-corrected chi connectivity index (χ4v) is 2.66. The third-order valence-corrected chi connectivity index (χ3v) is 4.12.